The zero-order valence-corrected chi connectivity index (χ0v) is 15.7. The second-order valence-electron chi connectivity index (χ2n) is 6.18. The molecule has 0 aliphatic heterocycles. The molecule has 28 heavy (non-hydrogen) atoms. The van der Waals surface area contributed by atoms with E-state index in [2.05, 4.69) is 10.6 Å². The van der Waals surface area contributed by atoms with E-state index in [9.17, 15) is 14.0 Å². The van der Waals surface area contributed by atoms with Crippen molar-refractivity contribution in [1.29, 1.82) is 0 Å². The van der Waals surface area contributed by atoms with E-state index in [1.54, 1.807) is 36.4 Å². The SMILES string of the molecule is O=C(NCCc1ccc(Cl)cc1)c1cccc(C(=O)Nc2cccc(F)c2)c1. The summed E-state index contributed by atoms with van der Waals surface area (Å²) in [5, 5.41) is 6.11. The molecule has 0 spiro atoms. The van der Waals surface area contributed by atoms with Crippen LogP contribution in [0.15, 0.2) is 72.8 Å². The van der Waals surface area contributed by atoms with Gasteiger partial charge in [0, 0.05) is 28.4 Å². The van der Waals surface area contributed by atoms with Gasteiger partial charge < -0.3 is 10.6 Å². The number of amides is 2. The molecule has 0 fully saturated rings. The standard InChI is InChI=1S/C22H18ClFN2O2/c23-18-9-7-15(8-10-18)11-12-25-21(27)16-3-1-4-17(13-16)22(28)26-20-6-2-5-19(24)14-20/h1-10,13-14H,11-12H2,(H,25,27)(H,26,28). The summed E-state index contributed by atoms with van der Waals surface area (Å²) in [6, 6.07) is 19.4. The third kappa shape index (κ3) is 5.41. The number of halogens is 2. The van der Waals surface area contributed by atoms with Crippen LogP contribution in [0.3, 0.4) is 0 Å². The molecule has 0 saturated heterocycles. The van der Waals surface area contributed by atoms with Gasteiger partial charge in [-0.3, -0.25) is 9.59 Å². The van der Waals surface area contributed by atoms with Gasteiger partial charge in [0.25, 0.3) is 11.8 Å². The highest BCUT2D eigenvalue weighted by molar-refractivity contribution is 6.30. The first-order valence-electron chi connectivity index (χ1n) is 8.71. The number of anilines is 1. The van der Waals surface area contributed by atoms with Crippen molar-refractivity contribution >= 4 is 29.1 Å². The second kappa shape index (κ2) is 9.15. The fraction of sp³-hybridized carbons (Fsp3) is 0.0909. The summed E-state index contributed by atoms with van der Waals surface area (Å²) in [6.45, 7) is 0.459. The Morgan fingerprint density at radius 3 is 2.25 bits per heavy atom. The molecule has 0 atom stereocenters. The molecule has 0 heterocycles. The fourth-order valence-corrected chi connectivity index (χ4v) is 2.77. The fourth-order valence-electron chi connectivity index (χ4n) is 2.64. The average molecular weight is 397 g/mol. The van der Waals surface area contributed by atoms with Crippen molar-refractivity contribution < 1.29 is 14.0 Å². The van der Waals surface area contributed by atoms with E-state index in [0.717, 1.165) is 5.56 Å². The number of carbonyl (C=O) groups excluding carboxylic acids is 2. The van der Waals surface area contributed by atoms with Gasteiger partial charge in [0.1, 0.15) is 5.82 Å². The molecule has 0 bridgehead atoms. The molecule has 3 aromatic rings. The van der Waals surface area contributed by atoms with E-state index >= 15 is 0 Å². The Morgan fingerprint density at radius 1 is 0.857 bits per heavy atom. The predicted octanol–water partition coefficient (Wildman–Crippen LogP) is 4.70. The van der Waals surface area contributed by atoms with Crippen molar-refractivity contribution in [3.8, 4) is 0 Å². The highest BCUT2D eigenvalue weighted by atomic mass is 35.5. The van der Waals surface area contributed by atoms with Crippen LogP contribution in [0.5, 0.6) is 0 Å². The number of nitrogens with one attached hydrogen (secondary N) is 2. The molecule has 3 aromatic carbocycles. The van der Waals surface area contributed by atoms with E-state index in [1.165, 1.54) is 24.3 Å². The Morgan fingerprint density at radius 2 is 1.54 bits per heavy atom. The minimum absolute atomic E-state index is 0.269. The average Bonchev–Trinajstić information content (AvgIpc) is 2.69. The largest absolute Gasteiger partial charge is 0.352 e. The van der Waals surface area contributed by atoms with Crippen molar-refractivity contribution in [1.82, 2.24) is 5.32 Å². The summed E-state index contributed by atoms with van der Waals surface area (Å²) in [6.07, 6.45) is 0.669. The molecule has 2 amide bonds. The molecule has 0 aliphatic carbocycles. The van der Waals surface area contributed by atoms with Crippen molar-refractivity contribution in [3.05, 3.63) is 100 Å². The lowest BCUT2D eigenvalue weighted by molar-refractivity contribution is 0.0954. The van der Waals surface area contributed by atoms with Crippen LogP contribution in [0.4, 0.5) is 10.1 Å². The van der Waals surface area contributed by atoms with Gasteiger partial charge >= 0.3 is 0 Å². The maximum absolute atomic E-state index is 13.2. The van der Waals surface area contributed by atoms with E-state index in [1.807, 2.05) is 12.1 Å². The van der Waals surface area contributed by atoms with Gasteiger partial charge in [-0.1, -0.05) is 35.9 Å². The van der Waals surface area contributed by atoms with Gasteiger partial charge in [-0.05, 0) is 60.5 Å². The Kier molecular flexibility index (Phi) is 6.40. The summed E-state index contributed by atoms with van der Waals surface area (Å²) in [5.41, 5.74) is 2.10. The van der Waals surface area contributed by atoms with Crippen LogP contribution in [-0.2, 0) is 6.42 Å². The van der Waals surface area contributed by atoms with Crippen LogP contribution in [-0.4, -0.2) is 18.4 Å². The topological polar surface area (TPSA) is 58.2 Å². The van der Waals surface area contributed by atoms with Crippen molar-refractivity contribution in [2.75, 3.05) is 11.9 Å². The van der Waals surface area contributed by atoms with Crippen molar-refractivity contribution in [3.63, 3.8) is 0 Å². The quantitative estimate of drug-likeness (QED) is 0.634. The summed E-state index contributed by atoms with van der Waals surface area (Å²) >= 11 is 5.85. The van der Waals surface area contributed by atoms with Gasteiger partial charge in [-0.2, -0.15) is 0 Å². The highest BCUT2D eigenvalue weighted by Gasteiger charge is 2.11. The van der Waals surface area contributed by atoms with Gasteiger partial charge in [0.2, 0.25) is 0 Å². The molecule has 6 heteroatoms. The summed E-state index contributed by atoms with van der Waals surface area (Å²) in [7, 11) is 0. The van der Waals surface area contributed by atoms with E-state index in [4.69, 9.17) is 11.6 Å². The number of rotatable bonds is 6. The minimum Gasteiger partial charge on any atom is -0.352 e. The molecular weight excluding hydrogens is 379 g/mol. The molecule has 142 valence electrons. The Bertz CT molecular complexity index is 990. The van der Waals surface area contributed by atoms with Crippen molar-refractivity contribution in [2.24, 2.45) is 0 Å². The van der Waals surface area contributed by atoms with Crippen LogP contribution < -0.4 is 10.6 Å². The van der Waals surface area contributed by atoms with Gasteiger partial charge in [-0.25, -0.2) is 4.39 Å². The highest BCUT2D eigenvalue weighted by Crippen LogP contribution is 2.13. The van der Waals surface area contributed by atoms with Gasteiger partial charge in [0.15, 0.2) is 0 Å². The Labute approximate surface area is 167 Å². The molecule has 3 rings (SSSR count). The van der Waals surface area contributed by atoms with Crippen LogP contribution in [0.2, 0.25) is 5.02 Å². The summed E-state index contributed by atoms with van der Waals surface area (Å²) < 4.78 is 13.2. The molecule has 0 aliphatic rings. The normalized spacial score (nSPS) is 10.4. The first-order valence-corrected chi connectivity index (χ1v) is 9.09. The zero-order valence-electron chi connectivity index (χ0n) is 14.9. The number of benzene rings is 3. The third-order valence-electron chi connectivity index (χ3n) is 4.08. The summed E-state index contributed by atoms with van der Waals surface area (Å²) in [4.78, 5) is 24.7. The van der Waals surface area contributed by atoms with E-state index in [0.29, 0.717) is 34.8 Å². The maximum atomic E-state index is 13.2. The lowest BCUT2D eigenvalue weighted by Gasteiger charge is -2.08. The van der Waals surface area contributed by atoms with Crippen LogP contribution in [0.1, 0.15) is 26.3 Å². The molecule has 0 aromatic heterocycles. The number of carbonyl (C=O) groups is 2. The first kappa shape index (κ1) is 19.6. The smallest absolute Gasteiger partial charge is 0.255 e. The monoisotopic (exact) mass is 396 g/mol. The maximum Gasteiger partial charge on any atom is 0.255 e. The van der Waals surface area contributed by atoms with Gasteiger partial charge in [-0.15, -0.1) is 0 Å². The number of hydrogen-bond acceptors (Lipinski definition) is 2. The lowest BCUT2D eigenvalue weighted by atomic mass is 10.1. The van der Waals surface area contributed by atoms with E-state index < -0.39 is 11.7 Å². The predicted molar refractivity (Wildman–Crippen MR) is 108 cm³/mol. The first-order chi connectivity index (χ1) is 13.5. The Balaban J connectivity index is 1.59. The lowest BCUT2D eigenvalue weighted by Crippen LogP contribution is -2.26. The summed E-state index contributed by atoms with van der Waals surface area (Å²) in [5.74, 6) is -1.12. The van der Waals surface area contributed by atoms with E-state index in [-0.39, 0.29) is 5.91 Å². The van der Waals surface area contributed by atoms with Gasteiger partial charge in [0.05, 0.1) is 0 Å². The minimum atomic E-state index is -0.438. The third-order valence-corrected chi connectivity index (χ3v) is 4.33. The van der Waals surface area contributed by atoms with Crippen LogP contribution in [0.25, 0.3) is 0 Å². The molecular formula is C22H18ClFN2O2. The molecule has 4 nitrogen and oxygen atoms in total. The molecule has 0 unspecified atom stereocenters. The molecule has 0 saturated carbocycles. The molecule has 0 radical (unpaired) electrons. The van der Waals surface area contributed by atoms with Crippen LogP contribution >= 0.6 is 11.6 Å². The van der Waals surface area contributed by atoms with Crippen molar-refractivity contribution in [2.45, 2.75) is 6.42 Å². The Hall–Kier alpha value is -3.18. The molecule has 2 N–H and O–H groups in total. The second-order valence-corrected chi connectivity index (χ2v) is 6.61. The zero-order chi connectivity index (χ0) is 19.9. The number of hydrogen-bond donors (Lipinski definition) is 2. The van der Waals surface area contributed by atoms with Crippen LogP contribution in [0, 0.1) is 5.82 Å².